The quantitative estimate of drug-likeness (QED) is 0.905. The van der Waals surface area contributed by atoms with Crippen LogP contribution < -0.4 is 5.32 Å². The number of fused-ring (bicyclic) bond motifs is 1. The molecule has 132 valence electrons. The minimum Gasteiger partial charge on any atom is -0.339 e. The van der Waals surface area contributed by atoms with Gasteiger partial charge in [0.1, 0.15) is 11.5 Å². The van der Waals surface area contributed by atoms with E-state index in [-0.39, 0.29) is 23.5 Å². The molecule has 1 aromatic heterocycles. The summed E-state index contributed by atoms with van der Waals surface area (Å²) in [5.41, 5.74) is 1.48. The van der Waals surface area contributed by atoms with Crippen molar-refractivity contribution < 1.29 is 14.0 Å². The summed E-state index contributed by atoms with van der Waals surface area (Å²) in [4.78, 5) is 26.0. The van der Waals surface area contributed by atoms with Gasteiger partial charge in [0, 0.05) is 25.6 Å². The Balaban J connectivity index is 1.57. The molecule has 1 atom stereocenters. The third kappa shape index (κ3) is 3.87. The molecule has 0 saturated heterocycles. The molecule has 2 amide bonds. The molecule has 6 nitrogen and oxygen atoms in total. The first-order valence-corrected chi connectivity index (χ1v) is 8.32. The molecule has 0 spiro atoms. The van der Waals surface area contributed by atoms with Gasteiger partial charge in [0.15, 0.2) is 5.82 Å². The van der Waals surface area contributed by atoms with Crippen LogP contribution >= 0.6 is 0 Å². The number of amides is 2. The zero-order valence-electron chi connectivity index (χ0n) is 14.3. The normalized spacial score (nSPS) is 15.0. The van der Waals surface area contributed by atoms with E-state index in [9.17, 15) is 14.0 Å². The zero-order valence-corrected chi connectivity index (χ0v) is 14.3. The minimum absolute atomic E-state index is 0.0939. The summed E-state index contributed by atoms with van der Waals surface area (Å²) in [6.45, 7) is 3.07. The summed E-state index contributed by atoms with van der Waals surface area (Å²) in [6.07, 6.45) is 1.34. The summed E-state index contributed by atoms with van der Waals surface area (Å²) < 4.78 is 14.5. The number of halogens is 1. The second-order valence-electron chi connectivity index (χ2n) is 6.42. The van der Waals surface area contributed by atoms with Crippen LogP contribution in [0.25, 0.3) is 0 Å². The molecule has 0 bridgehead atoms. The van der Waals surface area contributed by atoms with Crippen molar-refractivity contribution in [2.24, 2.45) is 5.92 Å². The van der Waals surface area contributed by atoms with E-state index in [2.05, 4.69) is 10.4 Å². The predicted molar refractivity (Wildman–Crippen MR) is 91.7 cm³/mol. The lowest BCUT2D eigenvalue weighted by Gasteiger charge is -2.22. The minimum atomic E-state index is -0.265. The lowest BCUT2D eigenvalue weighted by Crippen LogP contribution is -2.37. The van der Waals surface area contributed by atoms with Gasteiger partial charge in [-0.25, -0.2) is 4.39 Å². The highest BCUT2D eigenvalue weighted by atomic mass is 19.1. The average Bonchev–Trinajstić information content (AvgIpc) is 3.01. The molecule has 0 aliphatic carbocycles. The Kier molecular flexibility index (Phi) is 4.83. The van der Waals surface area contributed by atoms with E-state index in [4.69, 9.17) is 0 Å². The van der Waals surface area contributed by atoms with E-state index >= 15 is 0 Å². The molecule has 1 aliphatic rings. The van der Waals surface area contributed by atoms with Gasteiger partial charge < -0.3 is 10.2 Å². The maximum Gasteiger partial charge on any atom is 0.272 e. The predicted octanol–water partition coefficient (Wildman–Crippen LogP) is 2.32. The van der Waals surface area contributed by atoms with E-state index in [1.165, 1.54) is 12.1 Å². The molecule has 0 radical (unpaired) electrons. The topological polar surface area (TPSA) is 67.2 Å². The van der Waals surface area contributed by atoms with Crippen molar-refractivity contribution in [2.45, 2.75) is 26.3 Å². The maximum absolute atomic E-state index is 12.9. The van der Waals surface area contributed by atoms with Crippen LogP contribution in [0.15, 0.2) is 30.3 Å². The largest absolute Gasteiger partial charge is 0.339 e. The van der Waals surface area contributed by atoms with Crippen molar-refractivity contribution in [2.75, 3.05) is 18.9 Å². The number of rotatable bonds is 5. The fourth-order valence-electron chi connectivity index (χ4n) is 2.78. The van der Waals surface area contributed by atoms with Crippen LogP contribution in [0.1, 0.15) is 29.4 Å². The molecule has 0 saturated carbocycles. The molecule has 1 aliphatic heterocycles. The van der Waals surface area contributed by atoms with Gasteiger partial charge in [0.05, 0.1) is 6.54 Å². The average molecular weight is 344 g/mol. The van der Waals surface area contributed by atoms with Gasteiger partial charge in [-0.3, -0.25) is 14.3 Å². The number of hydrogen-bond donors (Lipinski definition) is 1. The van der Waals surface area contributed by atoms with E-state index in [0.29, 0.717) is 37.4 Å². The van der Waals surface area contributed by atoms with Crippen LogP contribution in [0.3, 0.4) is 0 Å². The maximum atomic E-state index is 12.9. The fourth-order valence-corrected chi connectivity index (χ4v) is 2.78. The standard InChI is InChI=1S/C18H21FN4O2/c1-12(3-4-13-5-7-14(19)8-6-13)17(24)20-16-11-15-18(25)22(2)9-10-23(15)21-16/h5-8,11-12H,3-4,9-10H2,1-2H3,(H,20,21,24). The summed E-state index contributed by atoms with van der Waals surface area (Å²) in [5, 5.41) is 7.06. The molecule has 1 unspecified atom stereocenters. The molecule has 3 rings (SSSR count). The Morgan fingerprint density at radius 3 is 2.76 bits per heavy atom. The molecule has 1 N–H and O–H groups in total. The second kappa shape index (κ2) is 7.04. The fraction of sp³-hybridized carbons (Fsp3) is 0.389. The van der Waals surface area contributed by atoms with Crippen molar-refractivity contribution in [3.63, 3.8) is 0 Å². The molecule has 1 aromatic carbocycles. The van der Waals surface area contributed by atoms with Crippen LogP contribution in [-0.4, -0.2) is 40.1 Å². The number of likely N-dealkylation sites (N-methyl/N-ethyl adjacent to an activating group) is 1. The third-order valence-corrected chi connectivity index (χ3v) is 4.47. The highest BCUT2D eigenvalue weighted by Gasteiger charge is 2.24. The molecule has 7 heteroatoms. The highest BCUT2D eigenvalue weighted by Crippen LogP contribution is 2.17. The second-order valence-corrected chi connectivity index (χ2v) is 6.42. The van der Waals surface area contributed by atoms with Gasteiger partial charge >= 0.3 is 0 Å². The number of carbonyl (C=O) groups excluding carboxylic acids is 2. The first-order chi connectivity index (χ1) is 11.9. The molecule has 2 heterocycles. The van der Waals surface area contributed by atoms with Gasteiger partial charge in [-0.05, 0) is 30.5 Å². The van der Waals surface area contributed by atoms with E-state index < -0.39 is 0 Å². The number of aryl methyl sites for hydroxylation is 1. The number of carbonyl (C=O) groups is 2. The van der Waals surface area contributed by atoms with Crippen LogP contribution in [0.5, 0.6) is 0 Å². The van der Waals surface area contributed by atoms with Crippen molar-refractivity contribution in [3.05, 3.63) is 47.4 Å². The number of nitrogens with zero attached hydrogens (tertiary/aromatic N) is 3. The molecule has 25 heavy (non-hydrogen) atoms. The Morgan fingerprint density at radius 1 is 1.32 bits per heavy atom. The van der Waals surface area contributed by atoms with Gasteiger partial charge in [-0.2, -0.15) is 5.10 Å². The van der Waals surface area contributed by atoms with Crippen molar-refractivity contribution in [1.82, 2.24) is 14.7 Å². The monoisotopic (exact) mass is 344 g/mol. The number of benzene rings is 1. The Morgan fingerprint density at radius 2 is 2.04 bits per heavy atom. The molecule has 0 fully saturated rings. The molecular weight excluding hydrogens is 323 g/mol. The Bertz CT molecular complexity index is 785. The van der Waals surface area contributed by atoms with Crippen molar-refractivity contribution in [1.29, 1.82) is 0 Å². The van der Waals surface area contributed by atoms with Crippen LogP contribution in [-0.2, 0) is 17.8 Å². The summed E-state index contributed by atoms with van der Waals surface area (Å²) >= 11 is 0. The third-order valence-electron chi connectivity index (χ3n) is 4.47. The van der Waals surface area contributed by atoms with Crippen molar-refractivity contribution >= 4 is 17.6 Å². The summed E-state index contributed by atoms with van der Waals surface area (Å²) in [6, 6.07) is 7.91. The van der Waals surface area contributed by atoms with Crippen LogP contribution in [0, 0.1) is 11.7 Å². The van der Waals surface area contributed by atoms with Crippen LogP contribution in [0.2, 0.25) is 0 Å². The lowest BCUT2D eigenvalue weighted by molar-refractivity contribution is -0.119. The van der Waals surface area contributed by atoms with Gasteiger partial charge in [-0.1, -0.05) is 19.1 Å². The Labute approximate surface area is 145 Å². The Hall–Kier alpha value is -2.70. The van der Waals surface area contributed by atoms with Crippen LogP contribution in [0.4, 0.5) is 10.2 Å². The number of nitrogens with one attached hydrogen (secondary N) is 1. The van der Waals surface area contributed by atoms with E-state index in [0.717, 1.165) is 5.56 Å². The molecular formula is C18H21FN4O2. The van der Waals surface area contributed by atoms with Gasteiger partial charge in [0.25, 0.3) is 5.91 Å². The SMILES string of the molecule is CC(CCc1ccc(F)cc1)C(=O)Nc1cc2n(n1)CCN(C)C2=O. The summed E-state index contributed by atoms with van der Waals surface area (Å²) in [5.74, 6) is -0.320. The van der Waals surface area contributed by atoms with E-state index in [1.807, 2.05) is 6.92 Å². The number of anilines is 1. The van der Waals surface area contributed by atoms with Gasteiger partial charge in [-0.15, -0.1) is 0 Å². The number of aromatic nitrogens is 2. The first kappa shape index (κ1) is 17.1. The summed E-state index contributed by atoms with van der Waals surface area (Å²) in [7, 11) is 1.74. The smallest absolute Gasteiger partial charge is 0.272 e. The van der Waals surface area contributed by atoms with Gasteiger partial charge in [0.2, 0.25) is 5.91 Å². The highest BCUT2D eigenvalue weighted by molar-refractivity contribution is 5.96. The van der Waals surface area contributed by atoms with E-state index in [1.54, 1.807) is 34.8 Å². The molecule has 2 aromatic rings. The number of hydrogen-bond acceptors (Lipinski definition) is 3. The van der Waals surface area contributed by atoms with Crippen molar-refractivity contribution in [3.8, 4) is 0 Å². The zero-order chi connectivity index (χ0) is 18.0. The lowest BCUT2D eigenvalue weighted by atomic mass is 10.0. The first-order valence-electron chi connectivity index (χ1n) is 8.32.